The van der Waals surface area contributed by atoms with E-state index in [1.54, 1.807) is 39.4 Å². The van der Waals surface area contributed by atoms with Crippen LogP contribution in [0.15, 0.2) is 116 Å². The van der Waals surface area contributed by atoms with Crippen molar-refractivity contribution in [2.45, 2.75) is 32.6 Å². The van der Waals surface area contributed by atoms with Gasteiger partial charge in [-0.1, -0.05) is 48.5 Å². The minimum Gasteiger partial charge on any atom is -0.497 e. The number of rotatable bonds is 20. The van der Waals surface area contributed by atoms with E-state index in [4.69, 9.17) is 37.9 Å². The van der Waals surface area contributed by atoms with Crippen LogP contribution in [0.5, 0.6) is 34.5 Å². The van der Waals surface area contributed by atoms with Gasteiger partial charge in [0.25, 0.3) is 6.47 Å². The van der Waals surface area contributed by atoms with Crippen LogP contribution in [-0.4, -0.2) is 69.0 Å². The van der Waals surface area contributed by atoms with E-state index in [2.05, 4.69) is 4.98 Å². The van der Waals surface area contributed by atoms with Crippen LogP contribution in [0.4, 0.5) is 4.79 Å². The van der Waals surface area contributed by atoms with E-state index in [9.17, 15) is 9.59 Å². The molecule has 0 fully saturated rings. The van der Waals surface area contributed by atoms with Gasteiger partial charge in [0.1, 0.15) is 34.5 Å². The van der Waals surface area contributed by atoms with Crippen molar-refractivity contribution in [1.29, 1.82) is 0 Å². The molecule has 0 aliphatic heterocycles. The van der Waals surface area contributed by atoms with Gasteiger partial charge < -0.3 is 37.9 Å². The molecule has 1 atom stereocenters. The summed E-state index contributed by atoms with van der Waals surface area (Å²) < 4.78 is 44.1. The van der Waals surface area contributed by atoms with Crippen LogP contribution in [0.3, 0.4) is 0 Å². The fourth-order valence-corrected chi connectivity index (χ4v) is 5.36. The highest BCUT2D eigenvalue weighted by Gasteiger charge is 2.24. The average molecular weight is 738 g/mol. The quantitative estimate of drug-likeness (QED) is 0.0614. The molecule has 282 valence electrons. The smallest absolute Gasteiger partial charge is 0.413 e. The zero-order valence-electron chi connectivity index (χ0n) is 30.6. The summed E-state index contributed by atoms with van der Waals surface area (Å²) in [6, 6.07) is 31.5. The Morgan fingerprint density at radius 1 is 0.593 bits per heavy atom. The topological polar surface area (TPSA) is 127 Å². The number of nitrogens with zero attached hydrogens (tertiary/aromatic N) is 3. The number of methoxy groups -OCH3 is 4. The lowest BCUT2D eigenvalue weighted by molar-refractivity contribution is -0.184. The first-order valence-corrected chi connectivity index (χ1v) is 16.9. The second-order valence-corrected chi connectivity index (χ2v) is 11.8. The van der Waals surface area contributed by atoms with Crippen molar-refractivity contribution in [1.82, 2.24) is 14.8 Å². The van der Waals surface area contributed by atoms with E-state index >= 15 is 0 Å². The number of hydrogen-bond acceptors (Lipinski definition) is 12. The van der Waals surface area contributed by atoms with Gasteiger partial charge >= 0.3 is 12.5 Å². The third-order valence-electron chi connectivity index (χ3n) is 8.22. The summed E-state index contributed by atoms with van der Waals surface area (Å²) in [7, 11) is 6.40. The molecule has 0 bridgehead atoms. The number of carbonyl (C=O) groups excluding carboxylic acids is 2. The average Bonchev–Trinajstić information content (AvgIpc) is 3.21. The van der Waals surface area contributed by atoms with Gasteiger partial charge in [0.15, 0.2) is 0 Å². The van der Waals surface area contributed by atoms with Crippen LogP contribution >= 0.6 is 0 Å². The highest BCUT2D eigenvalue weighted by atomic mass is 16.7. The highest BCUT2D eigenvalue weighted by molar-refractivity contribution is 5.67. The largest absolute Gasteiger partial charge is 0.497 e. The molecular formula is C41H43N3O10. The molecule has 0 N–H and O–H groups in total. The Labute approximate surface area is 314 Å². The predicted molar refractivity (Wildman–Crippen MR) is 198 cm³/mol. The molecule has 5 rings (SSSR count). The number of amides is 1. The predicted octanol–water partition coefficient (Wildman–Crippen LogP) is 6.83. The van der Waals surface area contributed by atoms with Crippen LogP contribution in [0.2, 0.25) is 0 Å². The first kappa shape index (κ1) is 38.8. The summed E-state index contributed by atoms with van der Waals surface area (Å²) in [5, 5.41) is 0. The van der Waals surface area contributed by atoms with Crippen LogP contribution in [0.25, 0.3) is 0 Å². The van der Waals surface area contributed by atoms with Crippen LogP contribution < -0.4 is 28.4 Å². The Balaban J connectivity index is 1.26. The SMILES string of the molecule is COc1ccc(CN(Cc2ccc(OC)cc2)C(=O)OCOc2cncc(OC(OC=O)N(Cc3ccc(OC)cc3)Cc3ccc(OC)cc3)c2)cc1. The van der Waals surface area contributed by atoms with Gasteiger partial charge in [0, 0.05) is 32.2 Å². The minimum absolute atomic E-state index is 0.251. The molecule has 1 aromatic heterocycles. The first-order chi connectivity index (χ1) is 26.4. The standard InChI is InChI=1S/C41H43N3O10/c1-47-34-13-5-30(6-14-34)24-43(25-31-7-15-35(48-2)16-8-31)40(46)53-29-52-38-21-39(23-42-22-38)54-41(51-28-45)44(26-32-9-17-36(49-3)18-10-32)27-33-11-19-37(50-4)20-12-33/h5-23,28,41H,24-27,29H2,1-4H3. The molecule has 0 saturated heterocycles. The van der Waals surface area contributed by atoms with Crippen LogP contribution in [0.1, 0.15) is 22.3 Å². The molecule has 5 aromatic rings. The molecule has 0 aliphatic carbocycles. The summed E-state index contributed by atoms with van der Waals surface area (Å²) in [6.07, 6.45) is 1.18. The molecule has 13 heteroatoms. The maximum absolute atomic E-state index is 13.4. The Bertz CT molecular complexity index is 1790. The van der Waals surface area contributed by atoms with Gasteiger partial charge in [-0.05, 0) is 70.8 Å². The normalized spacial score (nSPS) is 11.2. The van der Waals surface area contributed by atoms with Gasteiger partial charge in [-0.15, -0.1) is 0 Å². The summed E-state index contributed by atoms with van der Waals surface area (Å²) in [6.45, 7) is 1.20. The molecule has 1 amide bonds. The van der Waals surface area contributed by atoms with Crippen molar-refractivity contribution in [2.75, 3.05) is 35.2 Å². The van der Waals surface area contributed by atoms with Gasteiger partial charge in [0.05, 0.1) is 40.8 Å². The maximum Gasteiger partial charge on any atom is 0.413 e. The molecule has 13 nitrogen and oxygen atoms in total. The van der Waals surface area contributed by atoms with Gasteiger partial charge in [-0.25, -0.2) is 9.69 Å². The van der Waals surface area contributed by atoms with Crippen LogP contribution in [0, 0.1) is 0 Å². The summed E-state index contributed by atoms with van der Waals surface area (Å²) >= 11 is 0. The Morgan fingerprint density at radius 2 is 1.00 bits per heavy atom. The Kier molecular flexibility index (Phi) is 14.3. The number of carbonyl (C=O) groups is 2. The Hall–Kier alpha value is -6.47. The molecule has 4 aromatic carbocycles. The lowest BCUT2D eigenvalue weighted by Gasteiger charge is -2.30. The minimum atomic E-state index is -1.15. The zero-order valence-corrected chi connectivity index (χ0v) is 30.6. The third kappa shape index (κ3) is 11.5. The zero-order chi connectivity index (χ0) is 38.1. The molecule has 0 radical (unpaired) electrons. The van der Waals surface area contributed by atoms with E-state index in [1.807, 2.05) is 102 Å². The number of ether oxygens (including phenoxy) is 8. The van der Waals surface area contributed by atoms with E-state index in [0.717, 1.165) is 22.3 Å². The van der Waals surface area contributed by atoms with Crippen molar-refractivity contribution >= 4 is 12.6 Å². The van der Waals surface area contributed by atoms with Crippen molar-refractivity contribution in [3.05, 3.63) is 138 Å². The maximum atomic E-state index is 13.4. The van der Waals surface area contributed by atoms with Gasteiger partial charge in [-0.2, -0.15) is 0 Å². The molecule has 1 heterocycles. The van der Waals surface area contributed by atoms with E-state index in [1.165, 1.54) is 12.4 Å². The van der Waals surface area contributed by atoms with Crippen molar-refractivity contribution in [3.8, 4) is 34.5 Å². The number of pyridine rings is 1. The lowest BCUT2D eigenvalue weighted by atomic mass is 10.1. The fraction of sp³-hybridized carbons (Fsp3) is 0.244. The first-order valence-electron chi connectivity index (χ1n) is 16.9. The lowest BCUT2D eigenvalue weighted by Crippen LogP contribution is -2.40. The molecule has 0 saturated carbocycles. The molecule has 0 spiro atoms. The summed E-state index contributed by atoms with van der Waals surface area (Å²) in [5.74, 6) is 3.37. The second kappa shape index (κ2) is 20.0. The van der Waals surface area contributed by atoms with E-state index in [-0.39, 0.29) is 24.6 Å². The van der Waals surface area contributed by atoms with Gasteiger partial charge in [0.2, 0.25) is 6.79 Å². The van der Waals surface area contributed by atoms with Gasteiger partial charge in [-0.3, -0.25) is 14.7 Å². The molecule has 54 heavy (non-hydrogen) atoms. The van der Waals surface area contributed by atoms with E-state index < -0.39 is 19.3 Å². The molecule has 1 unspecified atom stereocenters. The highest BCUT2D eigenvalue weighted by Crippen LogP contribution is 2.24. The van der Waals surface area contributed by atoms with E-state index in [0.29, 0.717) is 42.6 Å². The summed E-state index contributed by atoms with van der Waals surface area (Å²) in [5.41, 5.74) is 3.63. The fourth-order valence-electron chi connectivity index (χ4n) is 5.36. The van der Waals surface area contributed by atoms with Crippen molar-refractivity contribution < 1.29 is 47.5 Å². The number of hydrogen-bond donors (Lipinski definition) is 0. The van der Waals surface area contributed by atoms with Crippen molar-refractivity contribution in [3.63, 3.8) is 0 Å². The second-order valence-electron chi connectivity index (χ2n) is 11.8. The number of benzene rings is 4. The number of aromatic nitrogens is 1. The molecular weight excluding hydrogens is 694 g/mol. The summed E-state index contributed by atoms with van der Waals surface area (Å²) in [4.78, 5) is 32.7. The van der Waals surface area contributed by atoms with Crippen LogP contribution in [-0.2, 0) is 40.4 Å². The molecule has 0 aliphatic rings. The monoisotopic (exact) mass is 737 g/mol. The van der Waals surface area contributed by atoms with Crippen molar-refractivity contribution in [2.24, 2.45) is 0 Å². The Morgan fingerprint density at radius 3 is 1.41 bits per heavy atom. The third-order valence-corrected chi connectivity index (χ3v) is 8.22.